The van der Waals surface area contributed by atoms with E-state index in [1.807, 2.05) is 0 Å². The quantitative estimate of drug-likeness (QED) is 0.755. The van der Waals surface area contributed by atoms with E-state index in [1.165, 1.54) is 36.3 Å². The second kappa shape index (κ2) is 8.53. The summed E-state index contributed by atoms with van der Waals surface area (Å²) in [5.74, 6) is -2.26. The van der Waals surface area contributed by atoms with Gasteiger partial charge in [-0.1, -0.05) is 18.2 Å². The Morgan fingerprint density at radius 2 is 1.76 bits per heavy atom. The molecular weight excluding hydrogens is 377 g/mol. The summed E-state index contributed by atoms with van der Waals surface area (Å²) in [6.45, 7) is 0.410. The summed E-state index contributed by atoms with van der Waals surface area (Å²) < 4.78 is 18.3. The number of carbonyl (C=O) groups excluding carboxylic acids is 2. The van der Waals surface area contributed by atoms with Gasteiger partial charge < -0.3 is 14.7 Å². The number of rotatable bonds is 6. The number of hydrogen-bond donors (Lipinski definition) is 1. The van der Waals surface area contributed by atoms with Crippen molar-refractivity contribution in [3.05, 3.63) is 71.0 Å². The summed E-state index contributed by atoms with van der Waals surface area (Å²) in [6, 6.07) is 11.5. The maximum atomic E-state index is 13.2. The summed E-state index contributed by atoms with van der Waals surface area (Å²) in [7, 11) is 1.43. The standard InChI is InChI=1S/C22H22FNO5/c1-29-14-22(21(27)28)11-4-12-24(13-22)20(26)18-6-3-2-5-17(18)19(25)15-7-9-16(23)10-8-15/h2-3,5-10H,4,11-14H2,1H3,(H,27,28). The molecule has 1 aliphatic rings. The van der Waals surface area contributed by atoms with Crippen molar-refractivity contribution in [3.63, 3.8) is 0 Å². The molecule has 1 unspecified atom stereocenters. The minimum atomic E-state index is -1.17. The van der Waals surface area contributed by atoms with Crippen molar-refractivity contribution >= 4 is 17.7 Å². The molecule has 6 nitrogen and oxygen atoms in total. The Hall–Kier alpha value is -3.06. The number of aliphatic carboxylic acids is 1. The molecule has 152 valence electrons. The fraction of sp³-hybridized carbons (Fsp3) is 0.318. The van der Waals surface area contributed by atoms with Crippen LogP contribution >= 0.6 is 0 Å². The number of hydrogen-bond acceptors (Lipinski definition) is 4. The molecule has 29 heavy (non-hydrogen) atoms. The summed E-state index contributed by atoms with van der Waals surface area (Å²) in [5.41, 5.74) is -0.509. The molecule has 0 aromatic heterocycles. The SMILES string of the molecule is COCC1(C(=O)O)CCCN(C(=O)c2ccccc2C(=O)c2ccc(F)cc2)C1. The van der Waals surface area contributed by atoms with Gasteiger partial charge in [0.05, 0.1) is 12.2 Å². The molecule has 1 heterocycles. The van der Waals surface area contributed by atoms with Gasteiger partial charge >= 0.3 is 5.97 Å². The zero-order chi connectivity index (χ0) is 21.0. The summed E-state index contributed by atoms with van der Waals surface area (Å²) in [4.78, 5) is 39.4. The Morgan fingerprint density at radius 3 is 2.38 bits per heavy atom. The average molecular weight is 399 g/mol. The minimum Gasteiger partial charge on any atom is -0.481 e. The molecule has 1 aliphatic heterocycles. The number of amides is 1. The first-order valence-electron chi connectivity index (χ1n) is 9.29. The van der Waals surface area contributed by atoms with Crippen LogP contribution in [0.3, 0.4) is 0 Å². The first-order chi connectivity index (χ1) is 13.9. The molecule has 0 spiro atoms. The molecule has 7 heteroatoms. The van der Waals surface area contributed by atoms with E-state index < -0.39 is 28.9 Å². The first kappa shape index (κ1) is 20.7. The molecular formula is C22H22FNO5. The fourth-order valence-corrected chi connectivity index (χ4v) is 3.73. The van der Waals surface area contributed by atoms with E-state index in [1.54, 1.807) is 24.3 Å². The molecule has 0 aliphatic carbocycles. The van der Waals surface area contributed by atoms with E-state index in [0.29, 0.717) is 19.4 Å². The first-order valence-corrected chi connectivity index (χ1v) is 9.29. The van der Waals surface area contributed by atoms with Crippen LogP contribution in [0.15, 0.2) is 48.5 Å². The van der Waals surface area contributed by atoms with E-state index in [9.17, 15) is 23.9 Å². The normalized spacial score (nSPS) is 19.0. The van der Waals surface area contributed by atoms with Gasteiger partial charge in [0, 0.05) is 31.3 Å². The molecule has 1 amide bonds. The molecule has 2 aromatic carbocycles. The lowest BCUT2D eigenvalue weighted by atomic mass is 9.80. The van der Waals surface area contributed by atoms with Crippen molar-refractivity contribution in [1.82, 2.24) is 4.90 Å². The van der Waals surface area contributed by atoms with Crippen molar-refractivity contribution in [2.75, 3.05) is 26.8 Å². The van der Waals surface area contributed by atoms with Crippen LogP contribution in [0, 0.1) is 11.2 Å². The highest BCUT2D eigenvalue weighted by molar-refractivity contribution is 6.15. The maximum Gasteiger partial charge on any atom is 0.313 e. The number of carboxylic acids is 1. The Balaban J connectivity index is 1.91. The van der Waals surface area contributed by atoms with Crippen LogP contribution in [0.1, 0.15) is 39.1 Å². The number of nitrogens with zero attached hydrogens (tertiary/aromatic N) is 1. The fourth-order valence-electron chi connectivity index (χ4n) is 3.73. The van der Waals surface area contributed by atoms with Crippen LogP contribution < -0.4 is 0 Å². The summed E-state index contributed by atoms with van der Waals surface area (Å²) in [5, 5.41) is 9.70. The lowest BCUT2D eigenvalue weighted by molar-refractivity contribution is -0.155. The van der Waals surface area contributed by atoms with Gasteiger partial charge in [0.2, 0.25) is 0 Å². The van der Waals surface area contributed by atoms with Gasteiger partial charge in [-0.3, -0.25) is 14.4 Å². The summed E-state index contributed by atoms with van der Waals surface area (Å²) in [6.07, 6.45) is 0.936. The highest BCUT2D eigenvalue weighted by Gasteiger charge is 2.44. The third-order valence-electron chi connectivity index (χ3n) is 5.25. The van der Waals surface area contributed by atoms with E-state index in [4.69, 9.17) is 4.74 Å². The zero-order valence-corrected chi connectivity index (χ0v) is 16.1. The number of methoxy groups -OCH3 is 1. The van der Waals surface area contributed by atoms with Crippen LogP contribution in [0.2, 0.25) is 0 Å². The Labute approximate surface area is 167 Å². The molecule has 0 bridgehead atoms. The Bertz CT molecular complexity index is 923. The lowest BCUT2D eigenvalue weighted by Crippen LogP contribution is -2.52. The molecule has 0 saturated carbocycles. The number of likely N-dealkylation sites (tertiary alicyclic amines) is 1. The van der Waals surface area contributed by atoms with Crippen molar-refractivity contribution in [3.8, 4) is 0 Å². The molecule has 3 rings (SSSR count). The van der Waals surface area contributed by atoms with Gasteiger partial charge in [-0.05, 0) is 43.2 Å². The zero-order valence-electron chi connectivity index (χ0n) is 16.1. The van der Waals surface area contributed by atoms with Crippen LogP contribution in [-0.4, -0.2) is 54.5 Å². The third kappa shape index (κ3) is 4.19. The number of ketones is 1. The monoisotopic (exact) mass is 399 g/mol. The lowest BCUT2D eigenvalue weighted by Gasteiger charge is -2.39. The smallest absolute Gasteiger partial charge is 0.313 e. The number of ether oxygens (including phenoxy) is 1. The van der Waals surface area contributed by atoms with E-state index in [2.05, 4.69) is 0 Å². The third-order valence-corrected chi connectivity index (χ3v) is 5.25. The Kier molecular flexibility index (Phi) is 6.08. The molecule has 0 radical (unpaired) electrons. The van der Waals surface area contributed by atoms with Crippen LogP contribution in [-0.2, 0) is 9.53 Å². The van der Waals surface area contributed by atoms with Gasteiger partial charge in [0.25, 0.3) is 5.91 Å². The molecule has 1 N–H and O–H groups in total. The van der Waals surface area contributed by atoms with Gasteiger partial charge in [-0.15, -0.1) is 0 Å². The van der Waals surface area contributed by atoms with E-state index in [-0.39, 0.29) is 29.8 Å². The number of halogens is 1. The van der Waals surface area contributed by atoms with Crippen molar-refractivity contribution < 1.29 is 28.6 Å². The van der Waals surface area contributed by atoms with Gasteiger partial charge in [-0.25, -0.2) is 4.39 Å². The van der Waals surface area contributed by atoms with Crippen LogP contribution in [0.25, 0.3) is 0 Å². The minimum absolute atomic E-state index is 0.00225. The van der Waals surface area contributed by atoms with Gasteiger partial charge in [-0.2, -0.15) is 0 Å². The van der Waals surface area contributed by atoms with Crippen molar-refractivity contribution in [2.45, 2.75) is 12.8 Å². The number of piperidine rings is 1. The molecule has 1 atom stereocenters. The Morgan fingerprint density at radius 1 is 1.10 bits per heavy atom. The van der Waals surface area contributed by atoms with Gasteiger partial charge in [0.1, 0.15) is 11.2 Å². The van der Waals surface area contributed by atoms with Crippen LogP contribution in [0.5, 0.6) is 0 Å². The number of benzene rings is 2. The van der Waals surface area contributed by atoms with E-state index in [0.717, 1.165) is 0 Å². The predicted molar refractivity (Wildman–Crippen MR) is 103 cm³/mol. The molecule has 2 aromatic rings. The largest absolute Gasteiger partial charge is 0.481 e. The average Bonchev–Trinajstić information content (AvgIpc) is 2.73. The highest BCUT2D eigenvalue weighted by Crippen LogP contribution is 2.32. The summed E-state index contributed by atoms with van der Waals surface area (Å²) >= 11 is 0. The maximum absolute atomic E-state index is 13.2. The van der Waals surface area contributed by atoms with Crippen LogP contribution in [0.4, 0.5) is 4.39 Å². The van der Waals surface area contributed by atoms with Crippen molar-refractivity contribution in [1.29, 1.82) is 0 Å². The molecule has 1 saturated heterocycles. The second-order valence-electron chi connectivity index (χ2n) is 7.23. The van der Waals surface area contributed by atoms with Gasteiger partial charge in [0.15, 0.2) is 5.78 Å². The van der Waals surface area contributed by atoms with E-state index >= 15 is 0 Å². The highest BCUT2D eigenvalue weighted by atomic mass is 19.1. The second-order valence-corrected chi connectivity index (χ2v) is 7.23. The number of carboxylic acid groups (broad SMARTS) is 1. The topological polar surface area (TPSA) is 83.9 Å². The molecule has 1 fully saturated rings. The predicted octanol–water partition coefficient (Wildman–Crippen LogP) is 3.01. The number of carbonyl (C=O) groups is 3. The van der Waals surface area contributed by atoms with Crippen molar-refractivity contribution in [2.24, 2.45) is 5.41 Å².